The van der Waals surface area contributed by atoms with Gasteiger partial charge in [0, 0.05) is 6.42 Å². The summed E-state index contributed by atoms with van der Waals surface area (Å²) >= 11 is 0. The average molecular weight is 424 g/mol. The molecule has 0 aliphatic carbocycles. The Morgan fingerprint density at radius 3 is 2.28 bits per heavy atom. The maximum absolute atomic E-state index is 11.6. The van der Waals surface area contributed by atoms with Crippen LogP contribution >= 0.6 is 0 Å². The predicted octanol–water partition coefficient (Wildman–Crippen LogP) is -1.66. The first-order chi connectivity index (χ1) is 13.4. The summed E-state index contributed by atoms with van der Waals surface area (Å²) in [5.41, 5.74) is 0. The maximum atomic E-state index is 11.6. The van der Waals surface area contributed by atoms with Crippen molar-refractivity contribution < 1.29 is 73.9 Å². The van der Waals surface area contributed by atoms with Crippen LogP contribution in [-0.2, 0) is 42.9 Å². The van der Waals surface area contributed by atoms with Crippen molar-refractivity contribution in [3.05, 3.63) is 0 Å². The third kappa shape index (κ3) is 9.51. The summed E-state index contributed by atoms with van der Waals surface area (Å²) in [5, 5.41) is 0. The predicted molar refractivity (Wildman–Crippen MR) is 94.0 cm³/mol. The third-order valence-electron chi connectivity index (χ3n) is 4.97. The SMILES string of the molecule is COC(=O)C1CC2CCC(O2)C1=O.COC(=O)CCC1CCC(C)O1.O=C=O.[H-].[Na+]. The molecule has 0 radical (unpaired) electrons. The molecule has 29 heavy (non-hydrogen) atoms. The molecule has 3 rings (SSSR count). The van der Waals surface area contributed by atoms with Gasteiger partial charge < -0.3 is 20.4 Å². The van der Waals surface area contributed by atoms with Gasteiger partial charge in [0.25, 0.3) is 0 Å². The van der Waals surface area contributed by atoms with Gasteiger partial charge in [-0.2, -0.15) is 9.59 Å². The number of methoxy groups -OCH3 is 2. The van der Waals surface area contributed by atoms with E-state index in [0.29, 0.717) is 18.9 Å². The zero-order valence-corrected chi connectivity index (χ0v) is 19.5. The van der Waals surface area contributed by atoms with Crippen LogP contribution in [0.15, 0.2) is 0 Å². The molecule has 0 spiro atoms. The quantitative estimate of drug-likeness (QED) is 0.296. The molecule has 0 N–H and O–H groups in total. The van der Waals surface area contributed by atoms with E-state index in [1.807, 2.05) is 0 Å². The third-order valence-corrected chi connectivity index (χ3v) is 4.97. The van der Waals surface area contributed by atoms with Crippen molar-refractivity contribution in [1.29, 1.82) is 0 Å². The molecule has 0 saturated carbocycles. The monoisotopic (exact) mass is 424 g/mol. The van der Waals surface area contributed by atoms with Gasteiger partial charge in [-0.05, 0) is 45.4 Å². The topological polar surface area (TPSA) is 122 Å². The molecular weight excluding hydrogens is 395 g/mol. The Balaban J connectivity index is 0. The molecule has 10 heteroatoms. The first-order valence-electron chi connectivity index (χ1n) is 9.34. The zero-order valence-electron chi connectivity index (χ0n) is 18.5. The molecule has 3 heterocycles. The minimum absolute atomic E-state index is 0. The fourth-order valence-electron chi connectivity index (χ4n) is 3.52. The molecule has 0 aromatic heterocycles. The number of ether oxygens (including phenoxy) is 4. The molecular formula is C19H29NaO9. The van der Waals surface area contributed by atoms with Crippen LogP contribution < -0.4 is 29.6 Å². The van der Waals surface area contributed by atoms with Gasteiger partial charge in [-0.3, -0.25) is 14.4 Å². The normalized spacial score (nSPS) is 29.1. The first-order valence-corrected chi connectivity index (χ1v) is 9.34. The summed E-state index contributed by atoms with van der Waals surface area (Å²) in [6, 6.07) is 0. The molecule has 3 aliphatic rings. The molecule has 160 valence electrons. The summed E-state index contributed by atoms with van der Waals surface area (Å²) in [4.78, 5) is 49.8. The maximum Gasteiger partial charge on any atom is 1.00 e. The Morgan fingerprint density at radius 1 is 1.10 bits per heavy atom. The van der Waals surface area contributed by atoms with Crippen LogP contribution in [-0.4, -0.2) is 62.5 Å². The van der Waals surface area contributed by atoms with E-state index < -0.39 is 11.9 Å². The largest absolute Gasteiger partial charge is 1.00 e. The second kappa shape index (κ2) is 14.8. The molecule has 2 bridgehead atoms. The standard InChI is InChI=1S/C9H12O4.C9H16O3.CO2.Na.H/c1-12-9(11)6-4-5-2-3-7(13-5)8(6)10;1-7-3-4-8(12-7)5-6-9(10)11-2;2-1-3;;/h5-7H,2-4H2,1H3;7-8H,3-6H2,1-2H3;;;/q;;;+1;-1. The number of hydrogen-bond donors (Lipinski definition) is 0. The molecule has 5 unspecified atom stereocenters. The van der Waals surface area contributed by atoms with Crippen molar-refractivity contribution in [1.82, 2.24) is 0 Å². The van der Waals surface area contributed by atoms with Gasteiger partial charge in [-0.25, -0.2) is 0 Å². The fourth-order valence-corrected chi connectivity index (χ4v) is 3.52. The van der Waals surface area contributed by atoms with Crippen LogP contribution in [0.3, 0.4) is 0 Å². The molecule has 5 atom stereocenters. The Morgan fingerprint density at radius 2 is 1.76 bits per heavy atom. The summed E-state index contributed by atoms with van der Waals surface area (Å²) in [7, 11) is 2.73. The number of rotatable bonds is 4. The number of fused-ring (bicyclic) bond motifs is 2. The zero-order chi connectivity index (χ0) is 21.1. The van der Waals surface area contributed by atoms with Crippen molar-refractivity contribution in [2.75, 3.05) is 14.2 Å². The first kappa shape index (κ1) is 27.9. The van der Waals surface area contributed by atoms with E-state index in [-0.39, 0.29) is 67.2 Å². The molecule has 3 aliphatic heterocycles. The number of carbonyl (C=O) groups is 3. The van der Waals surface area contributed by atoms with Crippen molar-refractivity contribution in [2.24, 2.45) is 5.92 Å². The number of ketones is 1. The van der Waals surface area contributed by atoms with Crippen molar-refractivity contribution in [3.8, 4) is 0 Å². The molecule has 9 nitrogen and oxygen atoms in total. The Bertz CT molecular complexity index is 580. The number of hydrogen-bond acceptors (Lipinski definition) is 9. The van der Waals surface area contributed by atoms with Crippen molar-refractivity contribution in [3.63, 3.8) is 0 Å². The molecule has 0 aromatic rings. The minimum atomic E-state index is -0.573. The van der Waals surface area contributed by atoms with Gasteiger partial charge in [0.15, 0.2) is 5.78 Å². The Hall–Kier alpha value is -1.09. The van der Waals surface area contributed by atoms with E-state index in [1.54, 1.807) is 0 Å². The van der Waals surface area contributed by atoms with E-state index in [0.717, 1.165) is 32.1 Å². The van der Waals surface area contributed by atoms with E-state index in [1.165, 1.54) is 14.2 Å². The Kier molecular flexibility index (Phi) is 14.3. The van der Waals surface area contributed by atoms with E-state index >= 15 is 0 Å². The average Bonchev–Trinajstić information content (AvgIpc) is 3.29. The van der Waals surface area contributed by atoms with E-state index in [4.69, 9.17) is 19.1 Å². The van der Waals surface area contributed by atoms with E-state index in [2.05, 4.69) is 16.4 Å². The van der Waals surface area contributed by atoms with Crippen LogP contribution in [0.25, 0.3) is 0 Å². The summed E-state index contributed by atoms with van der Waals surface area (Å²) in [6.45, 7) is 2.07. The Labute approximate surface area is 193 Å². The van der Waals surface area contributed by atoms with Crippen LogP contribution in [0.1, 0.15) is 53.3 Å². The van der Waals surface area contributed by atoms with Gasteiger partial charge in [0.05, 0.1) is 32.5 Å². The fraction of sp³-hybridized carbons (Fsp3) is 0.789. The van der Waals surface area contributed by atoms with Crippen molar-refractivity contribution in [2.45, 2.75) is 76.3 Å². The number of esters is 2. The van der Waals surface area contributed by atoms with E-state index in [9.17, 15) is 14.4 Å². The van der Waals surface area contributed by atoms with Gasteiger partial charge in [0.1, 0.15) is 12.0 Å². The molecule has 3 fully saturated rings. The summed E-state index contributed by atoms with van der Waals surface area (Å²) < 4.78 is 20.0. The van der Waals surface area contributed by atoms with Crippen LogP contribution in [0, 0.1) is 5.92 Å². The smallest absolute Gasteiger partial charge is 1.00 e. The minimum Gasteiger partial charge on any atom is -1.00 e. The number of Topliss-reactive ketones (excluding diaryl/α,β-unsaturated/α-hetero) is 1. The van der Waals surface area contributed by atoms with Crippen LogP contribution in [0.2, 0.25) is 0 Å². The van der Waals surface area contributed by atoms with Crippen LogP contribution in [0.4, 0.5) is 0 Å². The van der Waals surface area contributed by atoms with Crippen LogP contribution in [0.5, 0.6) is 0 Å². The second-order valence-corrected chi connectivity index (χ2v) is 6.88. The van der Waals surface area contributed by atoms with Gasteiger partial charge >= 0.3 is 47.6 Å². The van der Waals surface area contributed by atoms with Gasteiger partial charge in [-0.15, -0.1) is 0 Å². The molecule has 0 amide bonds. The molecule has 0 aromatic carbocycles. The number of carbonyl (C=O) groups excluding carboxylic acids is 5. The van der Waals surface area contributed by atoms with Crippen molar-refractivity contribution >= 4 is 23.9 Å². The second-order valence-electron chi connectivity index (χ2n) is 6.88. The summed E-state index contributed by atoms with van der Waals surface area (Å²) in [6.07, 6.45) is 6.28. The molecule has 3 saturated heterocycles. The summed E-state index contributed by atoms with van der Waals surface area (Å²) in [5.74, 6) is -1.22. The van der Waals surface area contributed by atoms with Gasteiger partial charge in [-0.1, -0.05) is 0 Å². The van der Waals surface area contributed by atoms with Gasteiger partial charge in [0.2, 0.25) is 0 Å².